The molecule has 0 amide bonds. The largest absolute Gasteiger partial charge is 0.493 e. The lowest BCUT2D eigenvalue weighted by Gasteiger charge is -2.46. The van der Waals surface area contributed by atoms with E-state index in [0.717, 1.165) is 5.56 Å². The first-order valence-corrected chi connectivity index (χ1v) is 14.1. The van der Waals surface area contributed by atoms with Gasteiger partial charge in [-0.2, -0.15) is 0 Å². The minimum atomic E-state index is -0.966. The second kappa shape index (κ2) is 11.4. The van der Waals surface area contributed by atoms with Crippen molar-refractivity contribution in [1.82, 2.24) is 0 Å². The zero-order valence-electron chi connectivity index (χ0n) is 23.2. The molecule has 2 aliphatic carbocycles. The minimum Gasteiger partial charge on any atom is -0.493 e. The van der Waals surface area contributed by atoms with Gasteiger partial charge in [0.1, 0.15) is 18.2 Å². The molecule has 0 radical (unpaired) electrons. The van der Waals surface area contributed by atoms with Crippen molar-refractivity contribution in [1.29, 1.82) is 0 Å². The third-order valence-corrected chi connectivity index (χ3v) is 8.64. The maximum atomic E-state index is 13.6. The van der Waals surface area contributed by atoms with E-state index in [1.165, 1.54) is 7.11 Å². The molecule has 2 saturated carbocycles. The third-order valence-electron chi connectivity index (χ3n) is 8.11. The van der Waals surface area contributed by atoms with Gasteiger partial charge in [-0.25, -0.2) is 0 Å². The van der Waals surface area contributed by atoms with E-state index in [1.54, 1.807) is 24.3 Å². The molecule has 2 aliphatic rings. The zero-order chi connectivity index (χ0) is 28.7. The summed E-state index contributed by atoms with van der Waals surface area (Å²) >= 11 is 12.7. The number of carbonyl (C=O) groups excluding carboxylic acids is 2. The number of ether oxygens (including phenoxy) is 2. The van der Waals surface area contributed by atoms with Gasteiger partial charge in [0.25, 0.3) is 0 Å². The van der Waals surface area contributed by atoms with Crippen LogP contribution in [0.2, 0.25) is 10.0 Å². The molecule has 6 nitrogen and oxygen atoms in total. The van der Waals surface area contributed by atoms with Gasteiger partial charge in [-0.1, -0.05) is 63.0 Å². The summed E-state index contributed by atoms with van der Waals surface area (Å²) in [5.74, 6) is -2.05. The molecule has 4 rings (SSSR count). The van der Waals surface area contributed by atoms with Crippen LogP contribution in [0, 0.1) is 22.7 Å². The summed E-state index contributed by atoms with van der Waals surface area (Å²) in [6, 6.07) is 10.6. The molecule has 0 spiro atoms. The molecule has 2 aromatic carbocycles. The summed E-state index contributed by atoms with van der Waals surface area (Å²) in [6.45, 7) is 8.04. The van der Waals surface area contributed by atoms with Gasteiger partial charge >= 0.3 is 0 Å². The smallest absolute Gasteiger partial charge is 0.180 e. The van der Waals surface area contributed by atoms with Crippen molar-refractivity contribution in [2.75, 3.05) is 7.11 Å². The molecule has 2 fully saturated rings. The first-order valence-electron chi connectivity index (χ1n) is 13.4. The van der Waals surface area contributed by atoms with Crippen LogP contribution in [-0.2, 0) is 16.2 Å². The van der Waals surface area contributed by atoms with Crippen LogP contribution in [0.1, 0.15) is 70.4 Å². The van der Waals surface area contributed by atoms with Crippen LogP contribution >= 0.6 is 23.2 Å². The van der Waals surface area contributed by atoms with Gasteiger partial charge in [-0.05, 0) is 59.1 Å². The molecule has 0 saturated heterocycles. The van der Waals surface area contributed by atoms with E-state index in [-0.39, 0.29) is 46.9 Å². The Morgan fingerprint density at radius 2 is 1.41 bits per heavy atom. The number of benzene rings is 2. The van der Waals surface area contributed by atoms with E-state index >= 15 is 0 Å². The molecule has 0 aliphatic heterocycles. The zero-order valence-corrected chi connectivity index (χ0v) is 24.7. The monoisotopic (exact) mass is 576 g/mol. The maximum absolute atomic E-state index is 13.6. The van der Waals surface area contributed by atoms with Gasteiger partial charge in [0.05, 0.1) is 36.2 Å². The van der Waals surface area contributed by atoms with Crippen molar-refractivity contribution in [3.05, 3.63) is 57.6 Å². The maximum Gasteiger partial charge on any atom is 0.180 e. The highest BCUT2D eigenvalue weighted by Crippen LogP contribution is 2.51. The molecule has 0 heterocycles. The van der Waals surface area contributed by atoms with Crippen LogP contribution in [0.25, 0.3) is 0 Å². The number of aliphatic hydroxyl groups excluding tert-OH is 2. The molecule has 212 valence electrons. The highest BCUT2D eigenvalue weighted by molar-refractivity contribution is 6.32. The van der Waals surface area contributed by atoms with Crippen molar-refractivity contribution in [3.8, 4) is 11.5 Å². The molecule has 1 unspecified atom stereocenters. The standard InChI is InChI=1S/C31H38Cl2O6/c1-30(2)12-21(34)27(22(35)13-30)26(28-23(36)14-31(3,4)15-24(28)37)18-10-20(33)29(25(11-18)38-5)39-16-17-6-8-19(32)9-7-17/h6-11,21,23,26-28,34,36H,12-16H2,1-5H3/t21-,23+,26?,27-,28+. The highest BCUT2D eigenvalue weighted by Gasteiger charge is 2.52. The van der Waals surface area contributed by atoms with Gasteiger partial charge < -0.3 is 19.7 Å². The summed E-state index contributed by atoms with van der Waals surface area (Å²) in [6.07, 6.45) is -0.550. The molecular weight excluding hydrogens is 539 g/mol. The molecular formula is C31H38Cl2O6. The number of Topliss-reactive ketones (excluding diaryl/α,β-unsaturated/α-hetero) is 2. The van der Waals surface area contributed by atoms with Gasteiger partial charge in [0.15, 0.2) is 11.5 Å². The fraction of sp³-hybridized carbons (Fsp3) is 0.548. The summed E-state index contributed by atoms with van der Waals surface area (Å²) in [7, 11) is 1.49. The topological polar surface area (TPSA) is 93.1 Å². The summed E-state index contributed by atoms with van der Waals surface area (Å²) in [5.41, 5.74) is 0.730. The molecule has 2 aromatic rings. The lowest BCUT2D eigenvalue weighted by molar-refractivity contribution is -0.144. The number of hydrogen-bond acceptors (Lipinski definition) is 6. The fourth-order valence-electron chi connectivity index (χ4n) is 6.46. The average Bonchev–Trinajstić information content (AvgIpc) is 2.80. The Kier molecular flexibility index (Phi) is 8.73. The van der Waals surface area contributed by atoms with Gasteiger partial charge in [0, 0.05) is 23.8 Å². The number of rotatable bonds is 7. The number of ketones is 2. The Hall–Kier alpha value is -2.12. The van der Waals surface area contributed by atoms with Crippen LogP contribution in [0.4, 0.5) is 0 Å². The predicted octanol–water partition coefficient (Wildman–Crippen LogP) is 6.40. The molecule has 8 heteroatoms. The average molecular weight is 578 g/mol. The third kappa shape index (κ3) is 6.62. The number of hydrogen-bond donors (Lipinski definition) is 2. The minimum absolute atomic E-state index is 0.119. The van der Waals surface area contributed by atoms with Gasteiger partial charge in [-0.3, -0.25) is 9.59 Å². The van der Waals surface area contributed by atoms with E-state index in [4.69, 9.17) is 32.7 Å². The molecule has 2 N–H and O–H groups in total. The lowest BCUT2D eigenvalue weighted by atomic mass is 9.58. The van der Waals surface area contributed by atoms with E-state index < -0.39 is 30.0 Å². The Morgan fingerprint density at radius 1 is 0.897 bits per heavy atom. The SMILES string of the molecule is COc1cc(C([C@H]2C(=O)CC(C)(C)C[C@H]2O)[C@@H]2C(=O)CC(C)(C)C[C@@H]2O)cc(Cl)c1OCc1ccc(Cl)cc1. The van der Waals surface area contributed by atoms with Crippen molar-refractivity contribution in [3.63, 3.8) is 0 Å². The molecule has 0 bridgehead atoms. The molecule has 5 atom stereocenters. The quantitative estimate of drug-likeness (QED) is 0.396. The molecule has 39 heavy (non-hydrogen) atoms. The van der Waals surface area contributed by atoms with Crippen LogP contribution in [0.3, 0.4) is 0 Å². The number of halogens is 2. The Morgan fingerprint density at radius 3 is 1.87 bits per heavy atom. The first kappa shape index (κ1) is 29.9. The van der Waals surface area contributed by atoms with E-state index in [0.29, 0.717) is 34.9 Å². The van der Waals surface area contributed by atoms with Crippen molar-refractivity contribution in [2.24, 2.45) is 22.7 Å². The normalized spacial score (nSPS) is 27.2. The summed E-state index contributed by atoms with van der Waals surface area (Å²) in [5, 5.41) is 23.4. The Labute approximate surface area is 240 Å². The summed E-state index contributed by atoms with van der Waals surface area (Å²) in [4.78, 5) is 27.1. The van der Waals surface area contributed by atoms with Crippen LogP contribution in [-0.4, -0.2) is 41.1 Å². The second-order valence-corrected chi connectivity index (χ2v) is 13.5. The van der Waals surface area contributed by atoms with Crippen molar-refractivity contribution in [2.45, 2.75) is 78.1 Å². The second-order valence-electron chi connectivity index (χ2n) is 12.7. The Bertz CT molecular complexity index is 1180. The van der Waals surface area contributed by atoms with Gasteiger partial charge in [0.2, 0.25) is 0 Å². The van der Waals surface area contributed by atoms with Gasteiger partial charge in [-0.15, -0.1) is 0 Å². The fourth-order valence-corrected chi connectivity index (χ4v) is 6.86. The van der Waals surface area contributed by atoms with Crippen LogP contribution < -0.4 is 9.47 Å². The predicted molar refractivity (Wildman–Crippen MR) is 152 cm³/mol. The van der Waals surface area contributed by atoms with E-state index in [2.05, 4.69) is 0 Å². The van der Waals surface area contributed by atoms with E-state index in [1.807, 2.05) is 39.8 Å². The number of carbonyl (C=O) groups is 2. The summed E-state index contributed by atoms with van der Waals surface area (Å²) < 4.78 is 11.7. The number of aliphatic hydroxyl groups is 2. The molecule has 0 aromatic heterocycles. The van der Waals surface area contributed by atoms with Crippen LogP contribution in [0.5, 0.6) is 11.5 Å². The number of methoxy groups -OCH3 is 1. The van der Waals surface area contributed by atoms with Crippen molar-refractivity contribution < 1.29 is 29.3 Å². The lowest BCUT2D eigenvalue weighted by Crippen LogP contribution is -2.51. The first-order chi connectivity index (χ1) is 18.2. The van der Waals surface area contributed by atoms with E-state index in [9.17, 15) is 19.8 Å². The highest BCUT2D eigenvalue weighted by atomic mass is 35.5. The van der Waals surface area contributed by atoms with Crippen LogP contribution in [0.15, 0.2) is 36.4 Å². The Balaban J connectivity index is 1.75. The van der Waals surface area contributed by atoms with Crippen molar-refractivity contribution >= 4 is 34.8 Å².